The molecule has 1 saturated heterocycles. The summed E-state index contributed by atoms with van der Waals surface area (Å²) in [5.74, 6) is 4.36. The summed E-state index contributed by atoms with van der Waals surface area (Å²) in [6, 6.07) is 11.3. The molecule has 158 valence electrons. The van der Waals surface area contributed by atoms with E-state index in [2.05, 4.69) is 30.5 Å². The first-order valence-electron chi connectivity index (χ1n) is 10.1. The van der Waals surface area contributed by atoms with Crippen molar-refractivity contribution in [2.45, 2.75) is 12.8 Å². The van der Waals surface area contributed by atoms with Crippen molar-refractivity contribution in [3.05, 3.63) is 36.4 Å². The molecule has 2 N–H and O–H groups in total. The number of aromatic nitrogens is 3. The Bertz CT molecular complexity index is 1060. The molecule has 0 spiro atoms. The predicted octanol–water partition coefficient (Wildman–Crippen LogP) is 3.42. The van der Waals surface area contributed by atoms with Crippen LogP contribution >= 0.6 is 0 Å². The molecule has 3 aliphatic rings. The van der Waals surface area contributed by atoms with Crippen LogP contribution in [0.2, 0.25) is 0 Å². The SMILES string of the molecule is c1cc2c(cc1Nc1nc(Nc3ccc4c(c3)OCO4)nc(N3CCCC3)n1)OCO2. The molecule has 3 aromatic rings. The largest absolute Gasteiger partial charge is 0.454 e. The number of benzene rings is 2. The van der Waals surface area contributed by atoms with Gasteiger partial charge < -0.3 is 34.5 Å². The highest BCUT2D eigenvalue weighted by atomic mass is 16.7. The molecule has 3 aliphatic heterocycles. The van der Waals surface area contributed by atoms with Crippen molar-refractivity contribution in [1.29, 1.82) is 0 Å². The lowest BCUT2D eigenvalue weighted by Crippen LogP contribution is -2.21. The molecule has 10 nitrogen and oxygen atoms in total. The third kappa shape index (κ3) is 3.56. The normalized spacial score (nSPS) is 15.9. The van der Waals surface area contributed by atoms with E-state index in [9.17, 15) is 0 Å². The monoisotopic (exact) mass is 420 g/mol. The predicted molar refractivity (Wildman–Crippen MR) is 113 cm³/mol. The zero-order valence-electron chi connectivity index (χ0n) is 16.6. The highest BCUT2D eigenvalue weighted by molar-refractivity contribution is 5.64. The van der Waals surface area contributed by atoms with Gasteiger partial charge in [0.05, 0.1) is 0 Å². The van der Waals surface area contributed by atoms with Crippen molar-refractivity contribution >= 4 is 29.2 Å². The van der Waals surface area contributed by atoms with E-state index >= 15 is 0 Å². The van der Waals surface area contributed by atoms with Crippen LogP contribution in [0.4, 0.5) is 29.2 Å². The Hall–Kier alpha value is -3.95. The van der Waals surface area contributed by atoms with Crippen LogP contribution in [0.25, 0.3) is 0 Å². The summed E-state index contributed by atoms with van der Waals surface area (Å²) in [5, 5.41) is 6.51. The highest BCUT2D eigenvalue weighted by Gasteiger charge is 2.19. The van der Waals surface area contributed by atoms with Gasteiger partial charge in [0.25, 0.3) is 0 Å². The van der Waals surface area contributed by atoms with Crippen LogP contribution in [0, 0.1) is 0 Å². The summed E-state index contributed by atoms with van der Waals surface area (Å²) in [4.78, 5) is 16.0. The number of ether oxygens (including phenoxy) is 4. The summed E-state index contributed by atoms with van der Waals surface area (Å²) in [6.45, 7) is 2.31. The maximum absolute atomic E-state index is 5.46. The smallest absolute Gasteiger partial charge is 0.233 e. The van der Waals surface area contributed by atoms with E-state index in [1.54, 1.807) is 0 Å². The summed E-state index contributed by atoms with van der Waals surface area (Å²) in [6.07, 6.45) is 2.25. The molecular weight excluding hydrogens is 400 g/mol. The second kappa shape index (κ2) is 7.38. The number of fused-ring (bicyclic) bond motifs is 2. The summed E-state index contributed by atoms with van der Waals surface area (Å²) in [5.41, 5.74) is 1.61. The molecule has 0 aliphatic carbocycles. The van der Waals surface area contributed by atoms with Gasteiger partial charge in [-0.3, -0.25) is 0 Å². The van der Waals surface area contributed by atoms with Crippen LogP contribution in [-0.2, 0) is 0 Å². The minimum atomic E-state index is 0.229. The second-order valence-corrected chi connectivity index (χ2v) is 7.36. The van der Waals surface area contributed by atoms with E-state index in [0.717, 1.165) is 48.8 Å². The number of hydrogen-bond acceptors (Lipinski definition) is 10. The number of nitrogens with one attached hydrogen (secondary N) is 2. The lowest BCUT2D eigenvalue weighted by Gasteiger charge is -2.17. The van der Waals surface area contributed by atoms with Gasteiger partial charge in [-0.15, -0.1) is 0 Å². The lowest BCUT2D eigenvalue weighted by molar-refractivity contribution is 0.173. The standard InChI is InChI=1S/C21H20N6O4/c1-2-8-27(7-1)21-25-19(22-13-3-5-15-17(9-13)30-11-28-15)24-20(26-21)23-14-4-6-16-18(10-14)31-12-29-16/h3-6,9-10H,1-2,7-8,11-12H2,(H2,22,23,24,25,26). The molecule has 4 heterocycles. The Labute approximate surface area is 178 Å². The quantitative estimate of drug-likeness (QED) is 0.638. The summed E-state index contributed by atoms with van der Waals surface area (Å²) < 4.78 is 21.7. The Morgan fingerprint density at radius 2 is 1.16 bits per heavy atom. The van der Waals surface area contributed by atoms with Gasteiger partial charge in [0, 0.05) is 36.6 Å². The van der Waals surface area contributed by atoms with Crippen molar-refractivity contribution < 1.29 is 18.9 Å². The third-order valence-corrected chi connectivity index (χ3v) is 5.27. The number of hydrogen-bond donors (Lipinski definition) is 2. The van der Waals surface area contributed by atoms with E-state index in [4.69, 9.17) is 18.9 Å². The van der Waals surface area contributed by atoms with Crippen LogP contribution in [-0.4, -0.2) is 41.6 Å². The topological polar surface area (TPSA) is 103 Å². The third-order valence-electron chi connectivity index (χ3n) is 5.27. The van der Waals surface area contributed by atoms with Crippen LogP contribution in [0.5, 0.6) is 23.0 Å². The van der Waals surface area contributed by atoms with Crippen LogP contribution in [0.15, 0.2) is 36.4 Å². The molecule has 0 saturated carbocycles. The van der Waals surface area contributed by atoms with Crippen molar-refractivity contribution in [3.63, 3.8) is 0 Å². The van der Waals surface area contributed by atoms with Gasteiger partial charge in [-0.1, -0.05) is 0 Å². The first-order chi connectivity index (χ1) is 15.3. The fraction of sp³-hybridized carbons (Fsp3) is 0.286. The molecule has 1 fully saturated rings. The van der Waals surface area contributed by atoms with Gasteiger partial charge >= 0.3 is 0 Å². The fourth-order valence-electron chi connectivity index (χ4n) is 3.74. The molecule has 2 aromatic carbocycles. The van der Waals surface area contributed by atoms with E-state index in [1.807, 2.05) is 36.4 Å². The van der Waals surface area contributed by atoms with Gasteiger partial charge in [-0.25, -0.2) is 0 Å². The lowest BCUT2D eigenvalue weighted by atomic mass is 10.3. The molecule has 1 aromatic heterocycles. The maximum atomic E-state index is 5.46. The Morgan fingerprint density at radius 3 is 1.71 bits per heavy atom. The van der Waals surface area contributed by atoms with Crippen molar-refractivity contribution in [2.24, 2.45) is 0 Å². The molecule has 10 heteroatoms. The minimum Gasteiger partial charge on any atom is -0.454 e. The molecule has 6 rings (SSSR count). The first kappa shape index (κ1) is 17.9. The number of anilines is 5. The minimum absolute atomic E-state index is 0.229. The molecule has 0 bridgehead atoms. The van der Waals surface area contributed by atoms with E-state index in [1.165, 1.54) is 0 Å². The van der Waals surface area contributed by atoms with Crippen LogP contribution in [0.1, 0.15) is 12.8 Å². The Kier molecular flexibility index (Phi) is 4.26. The number of nitrogens with zero attached hydrogens (tertiary/aromatic N) is 4. The van der Waals surface area contributed by atoms with Crippen molar-refractivity contribution in [1.82, 2.24) is 15.0 Å². The van der Waals surface area contributed by atoms with Gasteiger partial charge in [-0.2, -0.15) is 15.0 Å². The molecule has 0 amide bonds. The average Bonchev–Trinajstić information content (AvgIpc) is 3.54. The van der Waals surface area contributed by atoms with Gasteiger partial charge in [0.2, 0.25) is 31.4 Å². The van der Waals surface area contributed by atoms with E-state index in [-0.39, 0.29) is 13.6 Å². The second-order valence-electron chi connectivity index (χ2n) is 7.36. The maximum Gasteiger partial charge on any atom is 0.233 e. The molecular formula is C21H20N6O4. The van der Waals surface area contributed by atoms with Crippen molar-refractivity contribution in [3.8, 4) is 23.0 Å². The Morgan fingerprint density at radius 1 is 0.645 bits per heavy atom. The zero-order chi connectivity index (χ0) is 20.6. The van der Waals surface area contributed by atoms with Crippen molar-refractivity contribution in [2.75, 3.05) is 42.2 Å². The average molecular weight is 420 g/mol. The Balaban J connectivity index is 1.31. The molecule has 0 unspecified atom stereocenters. The fourth-order valence-corrected chi connectivity index (χ4v) is 3.74. The van der Waals surface area contributed by atoms with E-state index < -0.39 is 0 Å². The molecule has 31 heavy (non-hydrogen) atoms. The first-order valence-corrected chi connectivity index (χ1v) is 10.1. The zero-order valence-corrected chi connectivity index (χ0v) is 16.6. The molecule has 0 atom stereocenters. The van der Waals surface area contributed by atoms with E-state index in [0.29, 0.717) is 29.3 Å². The van der Waals surface area contributed by atoms with Crippen LogP contribution in [0.3, 0.4) is 0 Å². The van der Waals surface area contributed by atoms with Crippen LogP contribution < -0.4 is 34.5 Å². The summed E-state index contributed by atoms with van der Waals surface area (Å²) >= 11 is 0. The number of rotatable bonds is 5. The molecule has 0 radical (unpaired) electrons. The van der Waals surface area contributed by atoms with Gasteiger partial charge in [0.1, 0.15) is 0 Å². The summed E-state index contributed by atoms with van der Waals surface area (Å²) in [7, 11) is 0. The van der Waals surface area contributed by atoms with Gasteiger partial charge in [-0.05, 0) is 37.1 Å². The highest BCUT2D eigenvalue weighted by Crippen LogP contribution is 2.36. The van der Waals surface area contributed by atoms with Gasteiger partial charge in [0.15, 0.2) is 23.0 Å².